The SMILES string of the molecule is CCOC(=O)Cc1ccc(C(N)=O)cc1OCc1cc(-c2cccc(CN)c2)c2oc(CO)cc2c1. The summed E-state index contributed by atoms with van der Waals surface area (Å²) in [5, 5.41) is 10.4. The first kappa shape index (κ1) is 25.0. The lowest BCUT2D eigenvalue weighted by molar-refractivity contribution is -0.142. The Labute approximate surface area is 208 Å². The molecule has 0 saturated carbocycles. The maximum Gasteiger partial charge on any atom is 0.310 e. The van der Waals surface area contributed by atoms with Gasteiger partial charge in [0, 0.05) is 28.6 Å². The zero-order valence-corrected chi connectivity index (χ0v) is 20.0. The van der Waals surface area contributed by atoms with Crippen LogP contribution in [0.2, 0.25) is 0 Å². The molecule has 1 aromatic heterocycles. The van der Waals surface area contributed by atoms with Crippen LogP contribution in [0, 0.1) is 0 Å². The van der Waals surface area contributed by atoms with Gasteiger partial charge >= 0.3 is 5.97 Å². The Bertz CT molecular complexity index is 1410. The van der Waals surface area contributed by atoms with Crippen molar-refractivity contribution < 1.29 is 28.6 Å². The standard InChI is InChI=1S/C28H28N2O6/c1-2-34-26(32)13-20-6-7-21(28(30)33)12-25(20)35-16-18-9-22-11-23(15-31)36-27(22)24(10-18)19-5-3-4-17(8-19)14-29/h3-12,31H,2,13-16,29H2,1H3,(H2,30,33). The molecule has 5 N–H and O–H groups in total. The van der Waals surface area contributed by atoms with Crippen molar-refractivity contribution in [2.45, 2.75) is 33.1 Å². The zero-order valence-electron chi connectivity index (χ0n) is 20.0. The number of amides is 1. The molecule has 0 atom stereocenters. The average molecular weight is 489 g/mol. The van der Waals surface area contributed by atoms with Crippen LogP contribution in [0.4, 0.5) is 0 Å². The van der Waals surface area contributed by atoms with Crippen molar-refractivity contribution in [1.82, 2.24) is 0 Å². The monoisotopic (exact) mass is 488 g/mol. The highest BCUT2D eigenvalue weighted by Gasteiger charge is 2.16. The molecule has 186 valence electrons. The normalized spacial score (nSPS) is 11.0. The van der Waals surface area contributed by atoms with E-state index in [1.54, 1.807) is 25.1 Å². The largest absolute Gasteiger partial charge is 0.489 e. The third-order valence-corrected chi connectivity index (χ3v) is 5.74. The summed E-state index contributed by atoms with van der Waals surface area (Å²) >= 11 is 0. The van der Waals surface area contributed by atoms with Gasteiger partial charge in [0.1, 0.15) is 30.3 Å². The second kappa shape index (κ2) is 11.1. The van der Waals surface area contributed by atoms with Crippen LogP contribution >= 0.6 is 0 Å². The number of aliphatic hydroxyl groups excluding tert-OH is 1. The average Bonchev–Trinajstić information content (AvgIpc) is 3.31. The molecular weight excluding hydrogens is 460 g/mol. The molecule has 0 radical (unpaired) electrons. The molecule has 1 heterocycles. The highest BCUT2D eigenvalue weighted by Crippen LogP contribution is 2.34. The third kappa shape index (κ3) is 5.56. The smallest absolute Gasteiger partial charge is 0.310 e. The molecule has 8 nitrogen and oxygen atoms in total. The van der Waals surface area contributed by atoms with E-state index in [-0.39, 0.29) is 31.8 Å². The number of aliphatic hydroxyl groups is 1. The quantitative estimate of drug-likeness (QED) is 0.288. The summed E-state index contributed by atoms with van der Waals surface area (Å²) in [5.74, 6) is -0.173. The molecule has 0 aliphatic rings. The second-order valence-electron chi connectivity index (χ2n) is 8.29. The van der Waals surface area contributed by atoms with Gasteiger partial charge in [-0.3, -0.25) is 9.59 Å². The van der Waals surface area contributed by atoms with E-state index in [1.165, 1.54) is 6.07 Å². The molecule has 0 fully saturated rings. The molecule has 1 amide bonds. The fraction of sp³-hybridized carbons (Fsp3) is 0.214. The van der Waals surface area contributed by atoms with Crippen molar-refractivity contribution in [2.24, 2.45) is 11.5 Å². The second-order valence-corrected chi connectivity index (χ2v) is 8.29. The number of ether oxygens (including phenoxy) is 2. The molecule has 0 bridgehead atoms. The van der Waals surface area contributed by atoms with Crippen LogP contribution in [0.1, 0.15) is 39.7 Å². The summed E-state index contributed by atoms with van der Waals surface area (Å²) in [4.78, 5) is 23.8. The molecule has 4 aromatic rings. The Morgan fingerprint density at radius 2 is 1.86 bits per heavy atom. The van der Waals surface area contributed by atoms with E-state index in [2.05, 4.69) is 0 Å². The van der Waals surface area contributed by atoms with Crippen molar-refractivity contribution in [3.8, 4) is 16.9 Å². The summed E-state index contributed by atoms with van der Waals surface area (Å²) in [6, 6.07) is 18.2. The van der Waals surface area contributed by atoms with Crippen molar-refractivity contribution >= 4 is 22.8 Å². The molecule has 0 aliphatic carbocycles. The van der Waals surface area contributed by atoms with E-state index in [0.717, 1.165) is 27.6 Å². The number of furan rings is 1. The molecule has 0 aliphatic heterocycles. The molecule has 0 unspecified atom stereocenters. The fourth-order valence-electron chi connectivity index (χ4n) is 4.03. The van der Waals surface area contributed by atoms with Crippen LogP contribution in [0.15, 0.2) is 65.1 Å². The van der Waals surface area contributed by atoms with E-state index in [9.17, 15) is 14.7 Å². The number of hydrogen-bond donors (Lipinski definition) is 3. The van der Waals surface area contributed by atoms with Crippen LogP contribution in [0.3, 0.4) is 0 Å². The molecule has 8 heteroatoms. The van der Waals surface area contributed by atoms with Gasteiger partial charge < -0.3 is 30.5 Å². The molecule has 0 spiro atoms. The topological polar surface area (TPSA) is 138 Å². The third-order valence-electron chi connectivity index (χ3n) is 5.74. The zero-order chi connectivity index (χ0) is 25.7. The van der Waals surface area contributed by atoms with Crippen LogP contribution in [-0.4, -0.2) is 23.6 Å². The van der Waals surface area contributed by atoms with Gasteiger partial charge in [-0.25, -0.2) is 0 Å². The van der Waals surface area contributed by atoms with Crippen molar-refractivity contribution in [3.63, 3.8) is 0 Å². The minimum absolute atomic E-state index is 0.0000280. The number of nitrogens with two attached hydrogens (primary N) is 2. The summed E-state index contributed by atoms with van der Waals surface area (Å²) in [5.41, 5.74) is 16.3. The lowest BCUT2D eigenvalue weighted by atomic mass is 9.99. The van der Waals surface area contributed by atoms with Gasteiger partial charge in [-0.15, -0.1) is 0 Å². The first-order chi connectivity index (χ1) is 17.4. The minimum atomic E-state index is -0.596. The maximum atomic E-state index is 12.1. The van der Waals surface area contributed by atoms with Crippen LogP contribution in [-0.2, 0) is 35.7 Å². The Balaban J connectivity index is 1.71. The van der Waals surface area contributed by atoms with Gasteiger partial charge in [0.05, 0.1) is 13.0 Å². The molecule has 36 heavy (non-hydrogen) atoms. The Hall–Kier alpha value is -4.14. The van der Waals surface area contributed by atoms with Crippen molar-refractivity contribution in [2.75, 3.05) is 6.61 Å². The van der Waals surface area contributed by atoms with Gasteiger partial charge in [0.25, 0.3) is 0 Å². The number of carbonyl (C=O) groups excluding carboxylic acids is 2. The van der Waals surface area contributed by atoms with Gasteiger partial charge in [0.15, 0.2) is 0 Å². The number of rotatable bonds is 10. The predicted octanol–water partition coefficient (Wildman–Crippen LogP) is 3.83. The predicted molar refractivity (Wildman–Crippen MR) is 135 cm³/mol. The van der Waals surface area contributed by atoms with Crippen molar-refractivity contribution in [1.29, 1.82) is 0 Å². The van der Waals surface area contributed by atoms with E-state index < -0.39 is 11.9 Å². The van der Waals surface area contributed by atoms with Gasteiger partial charge in [-0.2, -0.15) is 0 Å². The summed E-state index contributed by atoms with van der Waals surface area (Å²) < 4.78 is 17.1. The Morgan fingerprint density at radius 3 is 2.58 bits per heavy atom. The number of fused-ring (bicyclic) bond motifs is 1. The number of hydrogen-bond acceptors (Lipinski definition) is 7. The summed E-state index contributed by atoms with van der Waals surface area (Å²) in [6.07, 6.45) is -0.0000280. The van der Waals surface area contributed by atoms with E-state index in [1.807, 2.05) is 36.4 Å². The lowest BCUT2D eigenvalue weighted by Crippen LogP contribution is -2.13. The highest BCUT2D eigenvalue weighted by molar-refractivity contribution is 5.94. The lowest BCUT2D eigenvalue weighted by Gasteiger charge is -2.14. The van der Waals surface area contributed by atoms with E-state index in [0.29, 0.717) is 29.2 Å². The molecular formula is C28H28N2O6. The highest BCUT2D eigenvalue weighted by atomic mass is 16.5. The van der Waals surface area contributed by atoms with Crippen LogP contribution < -0.4 is 16.2 Å². The summed E-state index contributed by atoms with van der Waals surface area (Å²) in [7, 11) is 0. The van der Waals surface area contributed by atoms with Crippen LogP contribution in [0.25, 0.3) is 22.1 Å². The molecule has 0 saturated heterocycles. The van der Waals surface area contributed by atoms with E-state index in [4.69, 9.17) is 25.4 Å². The van der Waals surface area contributed by atoms with E-state index >= 15 is 0 Å². The van der Waals surface area contributed by atoms with Gasteiger partial charge in [-0.05, 0) is 60.0 Å². The Morgan fingerprint density at radius 1 is 1.03 bits per heavy atom. The Kier molecular flexibility index (Phi) is 7.68. The van der Waals surface area contributed by atoms with Gasteiger partial charge in [-0.1, -0.05) is 24.3 Å². The van der Waals surface area contributed by atoms with Crippen molar-refractivity contribution in [3.05, 3.63) is 88.7 Å². The summed E-state index contributed by atoms with van der Waals surface area (Å²) in [6.45, 7) is 2.33. The van der Waals surface area contributed by atoms with Gasteiger partial charge in [0.2, 0.25) is 5.91 Å². The number of primary amides is 1. The molecule has 3 aromatic carbocycles. The van der Waals surface area contributed by atoms with Crippen LogP contribution in [0.5, 0.6) is 5.75 Å². The maximum absolute atomic E-state index is 12.1. The number of carbonyl (C=O) groups is 2. The first-order valence-corrected chi connectivity index (χ1v) is 11.6. The minimum Gasteiger partial charge on any atom is -0.489 e. The first-order valence-electron chi connectivity index (χ1n) is 11.6. The fourth-order valence-corrected chi connectivity index (χ4v) is 4.03. The number of benzene rings is 3. The number of esters is 1. The molecule has 4 rings (SSSR count).